The summed E-state index contributed by atoms with van der Waals surface area (Å²) in [6, 6.07) is 3.63. The Labute approximate surface area is 193 Å². The first-order valence-electron chi connectivity index (χ1n) is 12.9. The lowest BCUT2D eigenvalue weighted by Crippen LogP contribution is -2.45. The van der Waals surface area contributed by atoms with Crippen LogP contribution in [0.5, 0.6) is 0 Å². The lowest BCUT2D eigenvalue weighted by atomic mass is 9.92. The van der Waals surface area contributed by atoms with Crippen LogP contribution in [0.15, 0.2) is 17.3 Å². The second kappa shape index (κ2) is 11.7. The van der Waals surface area contributed by atoms with E-state index in [-0.39, 0.29) is 5.96 Å². The zero-order valence-electron chi connectivity index (χ0n) is 19.6. The summed E-state index contributed by atoms with van der Waals surface area (Å²) >= 11 is 0. The van der Waals surface area contributed by atoms with E-state index < -0.39 is 0 Å². The van der Waals surface area contributed by atoms with Crippen molar-refractivity contribution in [1.29, 1.82) is 0 Å². The normalized spacial score (nSPS) is 25.4. The molecule has 1 aliphatic carbocycles. The van der Waals surface area contributed by atoms with Gasteiger partial charge in [-0.05, 0) is 51.0 Å². The van der Waals surface area contributed by atoms with E-state index in [9.17, 15) is 0 Å². The maximum absolute atomic E-state index is 5.53. The Balaban J connectivity index is 1.43. The first-order chi connectivity index (χ1) is 15.7. The molecule has 0 spiro atoms. The Morgan fingerprint density at radius 1 is 1.00 bits per heavy atom. The van der Waals surface area contributed by atoms with Gasteiger partial charge in [0, 0.05) is 50.5 Å². The monoisotopic (exact) mass is 442 g/mol. The molecule has 1 saturated carbocycles. The molecule has 2 saturated heterocycles. The number of hydrogen-bond donors (Lipinski definition) is 3. The first kappa shape index (κ1) is 23.1. The number of nitrogens with zero attached hydrogens (tertiary/aromatic N) is 5. The second-order valence-electron chi connectivity index (χ2n) is 9.73. The Morgan fingerprint density at radius 3 is 2.50 bits per heavy atom. The molecule has 178 valence electrons. The zero-order chi connectivity index (χ0) is 22.2. The summed E-state index contributed by atoms with van der Waals surface area (Å²) in [5.74, 6) is 2.03. The molecule has 2 unspecified atom stereocenters. The fraction of sp³-hybridized carbons (Fsp3) is 0.792. The van der Waals surface area contributed by atoms with Crippen molar-refractivity contribution in [3.05, 3.63) is 12.3 Å². The SMILES string of the molecule is NC(N)=NCCCC1C(Nc2nccc(N3CCCCCC3)n2)CCN1C1CCCCC1. The summed E-state index contributed by atoms with van der Waals surface area (Å²) in [5.41, 5.74) is 11.1. The average Bonchev–Trinajstić information content (AvgIpc) is 3.01. The van der Waals surface area contributed by atoms with E-state index in [0.29, 0.717) is 24.7 Å². The Bertz CT molecular complexity index is 720. The fourth-order valence-corrected chi connectivity index (χ4v) is 5.85. The standard InChI is InChI=1S/C24H42N8/c25-23(26)27-14-8-11-21-20(13-18-32(21)19-9-4-3-5-10-19)29-24-28-15-12-22(30-24)31-16-6-1-2-7-17-31/h12,15,19-21H,1-11,13-14,16-18H2,(H4,25,26,27)(H,28,29,30). The van der Waals surface area contributed by atoms with E-state index in [1.54, 1.807) is 0 Å². The van der Waals surface area contributed by atoms with Gasteiger partial charge < -0.3 is 21.7 Å². The van der Waals surface area contributed by atoms with Crippen LogP contribution in [-0.4, -0.2) is 65.1 Å². The number of hydrogen-bond acceptors (Lipinski definition) is 6. The van der Waals surface area contributed by atoms with Gasteiger partial charge in [0.2, 0.25) is 5.95 Å². The van der Waals surface area contributed by atoms with E-state index in [2.05, 4.69) is 31.2 Å². The molecule has 2 atom stereocenters. The highest BCUT2D eigenvalue weighted by Crippen LogP contribution is 2.32. The lowest BCUT2D eigenvalue weighted by molar-refractivity contribution is 0.132. The molecule has 8 nitrogen and oxygen atoms in total. The maximum Gasteiger partial charge on any atom is 0.224 e. The third-order valence-electron chi connectivity index (χ3n) is 7.47. The molecule has 32 heavy (non-hydrogen) atoms. The van der Waals surface area contributed by atoms with Crippen molar-refractivity contribution >= 4 is 17.7 Å². The molecule has 4 rings (SSSR count). The van der Waals surface area contributed by atoms with E-state index >= 15 is 0 Å². The zero-order valence-corrected chi connectivity index (χ0v) is 19.6. The van der Waals surface area contributed by atoms with Crippen molar-refractivity contribution in [3.63, 3.8) is 0 Å². The van der Waals surface area contributed by atoms with Crippen LogP contribution in [0.4, 0.5) is 11.8 Å². The molecule has 1 aromatic heterocycles. The minimum atomic E-state index is 0.189. The maximum atomic E-state index is 5.53. The van der Waals surface area contributed by atoms with Crippen molar-refractivity contribution < 1.29 is 0 Å². The quantitative estimate of drug-likeness (QED) is 0.322. The fourth-order valence-electron chi connectivity index (χ4n) is 5.85. The highest BCUT2D eigenvalue weighted by atomic mass is 15.3. The van der Waals surface area contributed by atoms with Crippen LogP contribution >= 0.6 is 0 Å². The van der Waals surface area contributed by atoms with Crippen molar-refractivity contribution in [2.75, 3.05) is 36.4 Å². The number of guanidine groups is 1. The minimum absolute atomic E-state index is 0.189. The number of nitrogens with one attached hydrogen (secondary N) is 1. The number of aliphatic imine (C=N–C) groups is 1. The minimum Gasteiger partial charge on any atom is -0.370 e. The number of rotatable bonds is 8. The molecule has 3 heterocycles. The largest absolute Gasteiger partial charge is 0.370 e. The van der Waals surface area contributed by atoms with E-state index in [4.69, 9.17) is 16.5 Å². The summed E-state index contributed by atoms with van der Waals surface area (Å²) in [4.78, 5) is 18.9. The van der Waals surface area contributed by atoms with Gasteiger partial charge in [0.05, 0.1) is 0 Å². The van der Waals surface area contributed by atoms with Gasteiger partial charge >= 0.3 is 0 Å². The topological polar surface area (TPSA) is 109 Å². The van der Waals surface area contributed by atoms with Gasteiger partial charge in [0.1, 0.15) is 5.82 Å². The summed E-state index contributed by atoms with van der Waals surface area (Å²) in [6.07, 6.45) is 17.1. The van der Waals surface area contributed by atoms with E-state index in [1.165, 1.54) is 57.8 Å². The summed E-state index contributed by atoms with van der Waals surface area (Å²) in [6.45, 7) is 4.05. The summed E-state index contributed by atoms with van der Waals surface area (Å²) in [5, 5.41) is 3.73. The van der Waals surface area contributed by atoms with Crippen molar-refractivity contribution in [1.82, 2.24) is 14.9 Å². The molecule has 8 heteroatoms. The van der Waals surface area contributed by atoms with Crippen LogP contribution in [0.1, 0.15) is 77.0 Å². The van der Waals surface area contributed by atoms with Gasteiger partial charge in [-0.25, -0.2) is 4.98 Å². The third kappa shape index (κ3) is 6.24. The number of aromatic nitrogens is 2. The Kier molecular flexibility index (Phi) is 8.42. The molecular formula is C24H42N8. The second-order valence-corrected chi connectivity index (χ2v) is 9.73. The number of likely N-dealkylation sites (tertiary alicyclic amines) is 1. The van der Waals surface area contributed by atoms with Crippen molar-refractivity contribution in [2.45, 2.75) is 95.2 Å². The van der Waals surface area contributed by atoms with Crippen LogP contribution in [0, 0.1) is 0 Å². The lowest BCUT2D eigenvalue weighted by Gasteiger charge is -2.37. The Hall–Kier alpha value is -2.09. The van der Waals surface area contributed by atoms with Gasteiger partial charge in [0.25, 0.3) is 0 Å². The first-order valence-corrected chi connectivity index (χ1v) is 12.9. The molecule has 0 aromatic carbocycles. The number of anilines is 2. The van der Waals surface area contributed by atoms with Crippen LogP contribution in [0.25, 0.3) is 0 Å². The van der Waals surface area contributed by atoms with Crippen LogP contribution in [0.2, 0.25) is 0 Å². The molecular weight excluding hydrogens is 400 g/mol. The third-order valence-corrected chi connectivity index (χ3v) is 7.47. The Morgan fingerprint density at radius 2 is 1.75 bits per heavy atom. The van der Waals surface area contributed by atoms with Crippen LogP contribution < -0.4 is 21.7 Å². The molecule has 0 amide bonds. The molecule has 2 aliphatic heterocycles. The van der Waals surface area contributed by atoms with Crippen LogP contribution in [0.3, 0.4) is 0 Å². The van der Waals surface area contributed by atoms with Crippen LogP contribution in [-0.2, 0) is 0 Å². The smallest absolute Gasteiger partial charge is 0.224 e. The van der Waals surface area contributed by atoms with Gasteiger partial charge in [-0.15, -0.1) is 0 Å². The predicted octanol–water partition coefficient (Wildman–Crippen LogP) is 3.10. The molecule has 1 aromatic rings. The average molecular weight is 443 g/mol. The van der Waals surface area contributed by atoms with Gasteiger partial charge in [0.15, 0.2) is 5.96 Å². The van der Waals surface area contributed by atoms with E-state index in [0.717, 1.165) is 50.7 Å². The highest BCUT2D eigenvalue weighted by molar-refractivity contribution is 5.75. The summed E-state index contributed by atoms with van der Waals surface area (Å²) < 4.78 is 0. The summed E-state index contributed by atoms with van der Waals surface area (Å²) in [7, 11) is 0. The molecule has 5 N–H and O–H groups in total. The van der Waals surface area contributed by atoms with Gasteiger partial charge in [-0.1, -0.05) is 32.1 Å². The van der Waals surface area contributed by atoms with E-state index in [1.807, 2.05) is 6.20 Å². The van der Waals surface area contributed by atoms with Gasteiger partial charge in [-0.3, -0.25) is 9.89 Å². The molecule has 3 fully saturated rings. The van der Waals surface area contributed by atoms with Crippen molar-refractivity contribution in [3.8, 4) is 0 Å². The van der Waals surface area contributed by atoms with Crippen molar-refractivity contribution in [2.24, 2.45) is 16.5 Å². The highest BCUT2D eigenvalue weighted by Gasteiger charge is 2.38. The number of nitrogens with two attached hydrogens (primary N) is 2. The molecule has 3 aliphatic rings. The molecule has 0 radical (unpaired) electrons. The molecule has 0 bridgehead atoms. The van der Waals surface area contributed by atoms with Gasteiger partial charge in [-0.2, -0.15) is 4.98 Å². The predicted molar refractivity (Wildman–Crippen MR) is 132 cm³/mol.